The highest BCUT2D eigenvalue weighted by atomic mass is 32.1. The lowest BCUT2D eigenvalue weighted by Crippen LogP contribution is -2.59. The molecule has 254 valence electrons. The van der Waals surface area contributed by atoms with Crippen LogP contribution >= 0.6 is 19.7 Å². The number of nitrogens with one attached hydrogen (secondary N) is 1. The number of carbonyl (C=O) groups is 3. The normalized spacial score (nSPS) is 26.2. The number of thiophene rings is 1. The molecule has 1 unspecified atom stereocenters. The standard InChI is InChI=1S/C32H38FN4O4PS.CH2O.H2O.3H2/c1-2-18-7-8-34-15-26(18)23-16-36(17-23)32(39)28-5-4-24-11-20-10-21(20)13-27(31(38)37(24)28)35-14-25-12-22-9-19(30(33)42(40)41)3-6-29(22)43-25;1-2;;;;/h3,6-9,12,15,20-21,23-24,27-28,30,35,40-41H,2,4-5,10-11,13-14,16-17H2,1H3;1H2;1H2;3*1H/t20-,21?,24+,27-,28-,30-;;;;;/m0...../s1. The molecule has 1 aliphatic carbocycles. The number of aromatic nitrogens is 1. The van der Waals surface area contributed by atoms with Crippen molar-refractivity contribution in [3.05, 3.63) is 64.3 Å². The largest absolute Gasteiger partial charge is 0.412 e. The molecule has 3 aliphatic heterocycles. The molecular formula is C33H48FN4O6PS. The summed E-state index contributed by atoms with van der Waals surface area (Å²) in [6.07, 6.45) is 9.27. The molecule has 46 heavy (non-hydrogen) atoms. The van der Waals surface area contributed by atoms with E-state index in [9.17, 15) is 23.8 Å². The molecule has 7 rings (SSSR count). The van der Waals surface area contributed by atoms with Crippen molar-refractivity contribution in [2.75, 3.05) is 13.1 Å². The van der Waals surface area contributed by atoms with Crippen LogP contribution in [0.5, 0.6) is 0 Å². The monoisotopic (exact) mass is 678 g/mol. The third kappa shape index (κ3) is 6.74. The molecule has 5 heterocycles. The van der Waals surface area contributed by atoms with Crippen LogP contribution in [0.3, 0.4) is 0 Å². The van der Waals surface area contributed by atoms with Gasteiger partial charge in [-0.2, -0.15) is 0 Å². The molecule has 0 radical (unpaired) electrons. The highest BCUT2D eigenvalue weighted by Gasteiger charge is 2.52. The molecule has 3 saturated heterocycles. The number of rotatable bonds is 8. The average molecular weight is 679 g/mol. The summed E-state index contributed by atoms with van der Waals surface area (Å²) >= 11 is 1.58. The Morgan fingerprint density at radius 2 is 1.93 bits per heavy atom. The number of likely N-dealkylation sites (tertiary alicyclic amines) is 1. The number of aryl methyl sites for hydroxylation is 1. The number of hydrogen-bond donors (Lipinski definition) is 3. The molecule has 5 N–H and O–H groups in total. The van der Waals surface area contributed by atoms with Crippen molar-refractivity contribution in [1.82, 2.24) is 20.1 Å². The number of hydrogen-bond acceptors (Lipinski definition) is 8. The maximum atomic E-state index is 14.2. The summed E-state index contributed by atoms with van der Waals surface area (Å²) in [6, 6.07) is 8.51. The van der Waals surface area contributed by atoms with Crippen LogP contribution in [0.1, 0.15) is 76.7 Å². The Labute approximate surface area is 277 Å². The third-order valence-corrected chi connectivity index (χ3v) is 11.9. The molecule has 10 nitrogen and oxygen atoms in total. The molecule has 0 bridgehead atoms. The van der Waals surface area contributed by atoms with Gasteiger partial charge >= 0.3 is 0 Å². The second kappa shape index (κ2) is 14.5. The Hall–Kier alpha value is -2.86. The Kier molecular flexibility index (Phi) is 10.9. The smallest absolute Gasteiger partial charge is 0.245 e. The summed E-state index contributed by atoms with van der Waals surface area (Å²) < 4.78 is 15.2. The van der Waals surface area contributed by atoms with Gasteiger partial charge in [-0.3, -0.25) is 14.6 Å². The minimum atomic E-state index is -2.69. The second-order valence-corrected chi connectivity index (χ2v) is 15.0. The van der Waals surface area contributed by atoms with E-state index in [0.29, 0.717) is 37.4 Å². The fourth-order valence-corrected chi connectivity index (χ4v) is 9.00. The van der Waals surface area contributed by atoms with E-state index in [4.69, 9.17) is 4.79 Å². The SMILES string of the molecule is C=O.CCc1ccncc1C1CN(C(=O)[C@@H]2CC[C@@H]3C[C@@H]4CC4C[C@H](NCc4cc5cc([C@@H](F)P(O)O)ccc5s4)C(=O)N32)C1.O.[HH].[HH].[HH]. The number of halogens is 1. The van der Waals surface area contributed by atoms with Gasteiger partial charge < -0.3 is 35.2 Å². The first-order chi connectivity index (χ1) is 21.8. The van der Waals surface area contributed by atoms with Gasteiger partial charge in [0.1, 0.15) is 12.8 Å². The van der Waals surface area contributed by atoms with Crippen molar-refractivity contribution in [3.8, 4) is 0 Å². The maximum absolute atomic E-state index is 14.2. The van der Waals surface area contributed by atoms with Crippen LogP contribution < -0.4 is 5.32 Å². The Morgan fingerprint density at radius 1 is 1.17 bits per heavy atom. The van der Waals surface area contributed by atoms with Gasteiger partial charge in [-0.25, -0.2) is 4.39 Å². The number of nitrogens with zero attached hydrogens (tertiary/aromatic N) is 3. The lowest BCUT2D eigenvalue weighted by molar-refractivity contribution is -0.150. The second-order valence-electron chi connectivity index (χ2n) is 12.7. The van der Waals surface area contributed by atoms with E-state index in [-0.39, 0.29) is 39.2 Å². The van der Waals surface area contributed by atoms with Gasteiger partial charge in [-0.05, 0) is 96.7 Å². The molecule has 1 saturated carbocycles. The van der Waals surface area contributed by atoms with Gasteiger partial charge in [0.2, 0.25) is 20.2 Å². The van der Waals surface area contributed by atoms with Crippen LogP contribution in [0.2, 0.25) is 0 Å². The molecular weight excluding hydrogens is 630 g/mol. The van der Waals surface area contributed by atoms with Crippen molar-refractivity contribution in [3.63, 3.8) is 0 Å². The maximum Gasteiger partial charge on any atom is 0.245 e. The molecule has 0 spiro atoms. The Balaban J connectivity index is 0.00000136. The van der Waals surface area contributed by atoms with Gasteiger partial charge in [0, 0.05) is 57.8 Å². The summed E-state index contributed by atoms with van der Waals surface area (Å²) in [7, 11) is -2.69. The predicted octanol–water partition coefficient (Wildman–Crippen LogP) is 4.73. The molecule has 13 heteroatoms. The molecule has 2 amide bonds. The van der Waals surface area contributed by atoms with Crippen molar-refractivity contribution in [1.29, 1.82) is 0 Å². The van der Waals surface area contributed by atoms with E-state index in [1.807, 2.05) is 41.1 Å². The van der Waals surface area contributed by atoms with Crippen LogP contribution in [-0.4, -0.2) is 79.9 Å². The molecule has 4 aliphatic rings. The minimum absolute atomic E-state index is 0. The highest BCUT2D eigenvalue weighted by Crippen LogP contribution is 2.50. The van der Waals surface area contributed by atoms with Gasteiger partial charge in [0.15, 0.2) is 5.91 Å². The summed E-state index contributed by atoms with van der Waals surface area (Å²) in [6.45, 7) is 6.01. The lowest BCUT2D eigenvalue weighted by Gasteiger charge is -2.43. The van der Waals surface area contributed by atoms with Gasteiger partial charge in [0.25, 0.3) is 0 Å². The van der Waals surface area contributed by atoms with Crippen LogP contribution in [0.15, 0.2) is 42.7 Å². The van der Waals surface area contributed by atoms with Crippen molar-refractivity contribution >= 4 is 48.4 Å². The Bertz CT molecular complexity index is 1570. The number of pyridine rings is 1. The average Bonchev–Trinajstić information content (AvgIpc) is 3.40. The number of fused-ring (bicyclic) bond motifs is 3. The number of carbonyl (C=O) groups excluding carboxylic acids is 3. The number of alkyl halides is 1. The third-order valence-electron chi connectivity index (χ3n) is 10.1. The Morgan fingerprint density at radius 3 is 2.67 bits per heavy atom. The molecule has 2 aromatic heterocycles. The number of benzene rings is 1. The van der Waals surface area contributed by atoms with E-state index < -0.39 is 20.3 Å². The van der Waals surface area contributed by atoms with E-state index in [2.05, 4.69) is 23.3 Å². The first-order valence-electron chi connectivity index (χ1n) is 15.7. The highest BCUT2D eigenvalue weighted by molar-refractivity contribution is 7.45. The molecule has 1 aromatic carbocycles. The van der Waals surface area contributed by atoms with E-state index >= 15 is 0 Å². The molecule has 3 aromatic rings. The van der Waals surface area contributed by atoms with Crippen LogP contribution in [0.4, 0.5) is 4.39 Å². The van der Waals surface area contributed by atoms with Gasteiger partial charge in [-0.15, -0.1) is 11.3 Å². The zero-order chi connectivity index (χ0) is 31.8. The summed E-state index contributed by atoms with van der Waals surface area (Å²) in [5.74, 6) is -0.175. The summed E-state index contributed by atoms with van der Waals surface area (Å²) in [5.41, 5.74) is 2.78. The quantitative estimate of drug-likeness (QED) is 0.291. The van der Waals surface area contributed by atoms with Crippen LogP contribution in [0.25, 0.3) is 10.1 Å². The fourth-order valence-electron chi connectivity index (χ4n) is 7.58. The zero-order valence-electron chi connectivity index (χ0n) is 25.8. The summed E-state index contributed by atoms with van der Waals surface area (Å²) in [4.78, 5) is 63.7. The first-order valence-corrected chi connectivity index (χ1v) is 17.8. The lowest BCUT2D eigenvalue weighted by atomic mass is 9.88. The molecule has 4 fully saturated rings. The van der Waals surface area contributed by atoms with Crippen molar-refractivity contribution < 1.29 is 38.3 Å². The van der Waals surface area contributed by atoms with Crippen LogP contribution in [0, 0.1) is 11.8 Å². The van der Waals surface area contributed by atoms with E-state index in [1.165, 1.54) is 11.1 Å². The fraction of sp³-hybridized carbons (Fsp3) is 0.515. The van der Waals surface area contributed by atoms with E-state index in [0.717, 1.165) is 53.5 Å². The van der Waals surface area contributed by atoms with Gasteiger partial charge in [-0.1, -0.05) is 13.0 Å². The number of amides is 2. The van der Waals surface area contributed by atoms with Crippen molar-refractivity contribution in [2.24, 2.45) is 11.8 Å². The minimum Gasteiger partial charge on any atom is -0.412 e. The molecule has 6 atom stereocenters. The predicted molar refractivity (Wildman–Crippen MR) is 182 cm³/mol. The van der Waals surface area contributed by atoms with Crippen LogP contribution in [-0.2, 0) is 27.3 Å². The first kappa shape index (κ1) is 34.5. The topological polar surface area (TPSA) is 155 Å². The van der Waals surface area contributed by atoms with E-state index in [1.54, 1.807) is 23.5 Å². The zero-order valence-corrected chi connectivity index (χ0v) is 27.6. The van der Waals surface area contributed by atoms with Gasteiger partial charge in [0.05, 0.1) is 6.04 Å². The van der Waals surface area contributed by atoms with Crippen molar-refractivity contribution in [2.45, 2.75) is 81.9 Å². The summed E-state index contributed by atoms with van der Waals surface area (Å²) in [5, 5.41) is 4.38.